The van der Waals surface area contributed by atoms with Crippen LogP contribution in [0.3, 0.4) is 0 Å². The molecular weight excluding hydrogens is 744 g/mol. The zero-order chi connectivity index (χ0) is 41.9. The van der Waals surface area contributed by atoms with Crippen LogP contribution in [0.5, 0.6) is 0 Å². The second kappa shape index (κ2) is 17.3. The van der Waals surface area contributed by atoms with Crippen LogP contribution in [0.25, 0.3) is 0 Å². The number of amides is 7. The van der Waals surface area contributed by atoms with E-state index in [2.05, 4.69) is 21.3 Å². The van der Waals surface area contributed by atoms with E-state index in [1.165, 1.54) is 49.4 Å². The molecule has 2 aromatic rings. The minimum Gasteiger partial charge on any atom is -0.458 e. The van der Waals surface area contributed by atoms with Crippen LogP contribution < -0.4 is 21.3 Å². The van der Waals surface area contributed by atoms with Crippen molar-refractivity contribution in [3.8, 4) is 0 Å². The third kappa shape index (κ3) is 9.51. The van der Waals surface area contributed by atoms with Gasteiger partial charge in [-0.2, -0.15) is 0 Å². The van der Waals surface area contributed by atoms with Gasteiger partial charge in [-0.05, 0) is 89.6 Å². The van der Waals surface area contributed by atoms with Gasteiger partial charge in [-0.3, -0.25) is 24.0 Å². The molecule has 57 heavy (non-hydrogen) atoms. The van der Waals surface area contributed by atoms with E-state index in [-0.39, 0.29) is 37.4 Å². The van der Waals surface area contributed by atoms with Gasteiger partial charge in [0.15, 0.2) is 0 Å². The first-order chi connectivity index (χ1) is 26.8. The fourth-order valence-electron chi connectivity index (χ4n) is 7.72. The van der Waals surface area contributed by atoms with E-state index in [1.807, 2.05) is 13.8 Å². The van der Waals surface area contributed by atoms with Crippen molar-refractivity contribution in [1.29, 1.82) is 0 Å². The minimum absolute atomic E-state index is 0.0146. The maximum absolute atomic E-state index is 14.6. The molecule has 17 heteroatoms. The number of rotatable bonds is 6. The highest BCUT2D eigenvalue weighted by atomic mass is 19.1. The van der Waals surface area contributed by atoms with Crippen molar-refractivity contribution in [1.82, 2.24) is 30.7 Å². The molecule has 0 aromatic heterocycles. The number of fused-ring (bicyclic) bond motifs is 2. The van der Waals surface area contributed by atoms with Crippen molar-refractivity contribution >= 4 is 47.2 Å². The molecule has 3 aliphatic heterocycles. The second-order valence-corrected chi connectivity index (χ2v) is 15.7. The van der Waals surface area contributed by atoms with Gasteiger partial charge in [0.1, 0.15) is 53.5 Å². The number of nitrogens with zero attached hydrogens (tertiary/aromatic N) is 3. The summed E-state index contributed by atoms with van der Waals surface area (Å²) >= 11 is 0. The number of urea groups is 1. The molecule has 3 aliphatic rings. The van der Waals surface area contributed by atoms with Crippen LogP contribution in [0.15, 0.2) is 42.5 Å². The first-order valence-electron chi connectivity index (χ1n) is 19.1. The standard InChI is InChI=1S/C40H51F2N7O8/c1-21-10-12-29(13-11-21)44-39(56)45-30(17-26-15-27(41)18-28(42)16-26)34(51)46-32-25(5)57-38(55)40(6)19-22(2)20-49(40)35(52)23(3)43-33(50)24(4)47(7)36(53)31-9-8-14-48(31)37(32)54/h10-13,15-16,18,22-25,30-32H,8-9,14,17,19-20H2,1-7H3,(H,43,50)(H,46,51)(H2,44,45,56)/t22-,23+,24+,25+,30+,31+,32+,40?/m1/s1. The minimum atomic E-state index is -1.65. The highest BCUT2D eigenvalue weighted by molar-refractivity contribution is 5.99. The maximum Gasteiger partial charge on any atom is 0.332 e. The van der Waals surface area contributed by atoms with Gasteiger partial charge in [0.05, 0.1) is 0 Å². The zero-order valence-electron chi connectivity index (χ0n) is 33.2. The lowest BCUT2D eigenvalue weighted by Crippen LogP contribution is -2.63. The average Bonchev–Trinajstić information content (AvgIpc) is 3.76. The van der Waals surface area contributed by atoms with Crippen molar-refractivity contribution in [2.75, 3.05) is 25.5 Å². The van der Waals surface area contributed by atoms with E-state index in [0.717, 1.165) is 17.7 Å². The SMILES string of the molecule is Cc1ccc(NC(=O)N[C@@H](Cc2cc(F)cc(F)c2)C(=O)N[C@@H]2C(=O)N3CCC[C@H]3C(=O)N(C)[C@@H](C)C(=O)N[C@@H](C)C(=O)N3C[C@H](C)CC3(C)C(=O)O[C@H]2C)cc1. The van der Waals surface area contributed by atoms with Crippen LogP contribution in [-0.4, -0.2) is 118 Å². The van der Waals surface area contributed by atoms with Gasteiger partial charge in [0, 0.05) is 38.3 Å². The Kier molecular flexibility index (Phi) is 12.9. The predicted molar refractivity (Wildman–Crippen MR) is 203 cm³/mol. The lowest BCUT2D eigenvalue weighted by atomic mass is 9.94. The summed E-state index contributed by atoms with van der Waals surface area (Å²) in [5, 5.41) is 10.4. The molecule has 3 saturated heterocycles. The second-order valence-electron chi connectivity index (χ2n) is 15.7. The molecule has 2 aromatic carbocycles. The molecule has 1 unspecified atom stereocenters. The highest BCUT2D eigenvalue weighted by Crippen LogP contribution is 2.35. The molecule has 8 atom stereocenters. The van der Waals surface area contributed by atoms with Crippen LogP contribution in [0.4, 0.5) is 19.3 Å². The first-order valence-corrected chi connectivity index (χ1v) is 19.1. The van der Waals surface area contributed by atoms with Gasteiger partial charge < -0.3 is 40.7 Å². The Balaban J connectivity index is 1.51. The van der Waals surface area contributed by atoms with Gasteiger partial charge in [-0.1, -0.05) is 24.6 Å². The number of esters is 1. The molecule has 5 rings (SSSR count). The third-order valence-electron chi connectivity index (χ3n) is 11.0. The fourth-order valence-corrected chi connectivity index (χ4v) is 7.72. The van der Waals surface area contributed by atoms with E-state index < -0.39 is 101 Å². The Bertz CT molecular complexity index is 1890. The molecule has 3 heterocycles. The van der Waals surface area contributed by atoms with Crippen LogP contribution in [0, 0.1) is 24.5 Å². The summed E-state index contributed by atoms with van der Waals surface area (Å²) in [5.74, 6) is -6.34. The number of likely N-dealkylation sites (N-methyl/N-ethyl adjacent to an activating group) is 1. The Labute approximate surface area is 330 Å². The number of ether oxygens (including phenoxy) is 1. The average molecular weight is 796 g/mol. The molecule has 3 fully saturated rings. The van der Waals surface area contributed by atoms with E-state index >= 15 is 0 Å². The number of carbonyl (C=O) groups excluding carboxylic acids is 7. The summed E-state index contributed by atoms with van der Waals surface area (Å²) in [6, 6.07) is 2.26. The summed E-state index contributed by atoms with van der Waals surface area (Å²) in [6.45, 7) is 9.87. The Morgan fingerprint density at radius 2 is 1.61 bits per heavy atom. The first kappa shape index (κ1) is 42.5. The van der Waals surface area contributed by atoms with Crippen molar-refractivity contribution in [3.63, 3.8) is 0 Å². The molecule has 0 spiro atoms. The summed E-state index contributed by atoms with van der Waals surface area (Å²) in [5.41, 5.74) is -0.188. The monoisotopic (exact) mass is 795 g/mol. The van der Waals surface area contributed by atoms with Crippen molar-refractivity contribution in [3.05, 3.63) is 65.2 Å². The summed E-state index contributed by atoms with van der Waals surface area (Å²) in [6.07, 6.45) is -0.991. The van der Waals surface area contributed by atoms with Gasteiger partial charge in [-0.15, -0.1) is 0 Å². The summed E-state index contributed by atoms with van der Waals surface area (Å²) in [7, 11) is 1.42. The quantitative estimate of drug-likeness (QED) is 0.321. The van der Waals surface area contributed by atoms with Crippen molar-refractivity contribution < 1.29 is 47.1 Å². The van der Waals surface area contributed by atoms with Crippen LogP contribution >= 0.6 is 0 Å². The van der Waals surface area contributed by atoms with Crippen LogP contribution in [-0.2, 0) is 39.9 Å². The molecule has 0 saturated carbocycles. The zero-order valence-corrected chi connectivity index (χ0v) is 33.2. The molecule has 4 N–H and O–H groups in total. The van der Waals surface area contributed by atoms with Crippen molar-refractivity contribution in [2.45, 2.75) is 109 Å². The number of carbonyl (C=O) groups is 7. The van der Waals surface area contributed by atoms with Gasteiger partial charge in [0.2, 0.25) is 29.5 Å². The Morgan fingerprint density at radius 3 is 2.26 bits per heavy atom. The molecule has 0 radical (unpaired) electrons. The highest BCUT2D eigenvalue weighted by Gasteiger charge is 2.52. The summed E-state index contributed by atoms with van der Waals surface area (Å²) in [4.78, 5) is 101. The third-order valence-corrected chi connectivity index (χ3v) is 11.0. The van der Waals surface area contributed by atoms with Gasteiger partial charge >= 0.3 is 12.0 Å². The van der Waals surface area contributed by atoms with Crippen LogP contribution in [0.2, 0.25) is 0 Å². The number of anilines is 1. The van der Waals surface area contributed by atoms with E-state index in [9.17, 15) is 42.3 Å². The van der Waals surface area contributed by atoms with Gasteiger partial charge in [-0.25, -0.2) is 18.4 Å². The topological polar surface area (TPSA) is 187 Å². The molecule has 7 amide bonds. The van der Waals surface area contributed by atoms with E-state index in [0.29, 0.717) is 18.2 Å². The van der Waals surface area contributed by atoms with Crippen molar-refractivity contribution in [2.24, 2.45) is 5.92 Å². The maximum atomic E-state index is 14.6. The Morgan fingerprint density at radius 1 is 0.965 bits per heavy atom. The number of benzene rings is 2. The summed E-state index contributed by atoms with van der Waals surface area (Å²) < 4.78 is 34.5. The number of hydrogen-bond acceptors (Lipinski definition) is 8. The van der Waals surface area contributed by atoms with Crippen LogP contribution in [0.1, 0.15) is 65.0 Å². The molecular formula is C40H51F2N7O8. The van der Waals surface area contributed by atoms with Gasteiger partial charge in [0.25, 0.3) is 0 Å². The largest absolute Gasteiger partial charge is 0.458 e. The predicted octanol–water partition coefficient (Wildman–Crippen LogP) is 2.41. The van der Waals surface area contributed by atoms with E-state index in [4.69, 9.17) is 4.74 Å². The number of cyclic esters (lactones) is 1. The number of halogens is 2. The molecule has 0 aliphatic carbocycles. The number of hydrogen-bond donors (Lipinski definition) is 4. The lowest BCUT2D eigenvalue weighted by molar-refractivity contribution is -0.169. The Hall–Kier alpha value is -5.61. The fraction of sp³-hybridized carbons (Fsp3) is 0.525. The number of aryl methyl sites for hydroxylation is 1. The lowest BCUT2D eigenvalue weighted by Gasteiger charge is -2.38. The molecule has 0 bridgehead atoms. The number of nitrogens with one attached hydrogen (secondary N) is 4. The molecule has 15 nitrogen and oxygen atoms in total. The smallest absolute Gasteiger partial charge is 0.332 e. The normalized spacial score (nSPS) is 27.9. The van der Waals surface area contributed by atoms with E-state index in [1.54, 1.807) is 24.3 Å². The molecule has 308 valence electrons.